The Morgan fingerprint density at radius 3 is 1.88 bits per heavy atom. The second kappa shape index (κ2) is 2.22. The van der Waals surface area contributed by atoms with Crippen molar-refractivity contribution in [1.82, 2.24) is 0 Å². The fourth-order valence-corrected chi connectivity index (χ4v) is 4.28. The molecule has 0 aromatic carbocycles. The van der Waals surface area contributed by atoms with Gasteiger partial charge in [-0.05, 0) is 5.41 Å². The van der Waals surface area contributed by atoms with E-state index in [0.29, 0.717) is 14.9 Å². The van der Waals surface area contributed by atoms with Gasteiger partial charge in [0.05, 0.1) is 0 Å². The second-order valence-electron chi connectivity index (χ2n) is 3.72. The molecule has 1 heterocycles. The highest BCUT2D eigenvalue weighted by molar-refractivity contribution is 6.35. The van der Waals surface area contributed by atoms with Crippen molar-refractivity contribution in [2.24, 2.45) is 5.41 Å². The lowest BCUT2D eigenvalue weighted by molar-refractivity contribution is 0.325. The standard InChI is InChI=1S/C7H16Si/c1-7(2)3-5-8-6-4-7/h3-6,8H2,1-2H3. The molecule has 0 aromatic heterocycles. The van der Waals surface area contributed by atoms with Crippen LogP contribution in [0.5, 0.6) is 0 Å². The van der Waals surface area contributed by atoms with Gasteiger partial charge in [0.15, 0.2) is 0 Å². The lowest BCUT2D eigenvalue weighted by Gasteiger charge is -2.28. The zero-order valence-corrected chi connectivity index (χ0v) is 7.45. The Balaban J connectivity index is 2.33. The third-order valence-electron chi connectivity index (χ3n) is 2.21. The summed E-state index contributed by atoms with van der Waals surface area (Å²) in [6, 6.07) is 3.21. The molecule has 0 N–H and O–H groups in total. The van der Waals surface area contributed by atoms with Gasteiger partial charge >= 0.3 is 0 Å². The zero-order valence-electron chi connectivity index (χ0n) is 6.04. The van der Waals surface area contributed by atoms with E-state index in [0.717, 1.165) is 0 Å². The van der Waals surface area contributed by atoms with E-state index in [1.54, 1.807) is 12.1 Å². The first kappa shape index (κ1) is 6.34. The summed E-state index contributed by atoms with van der Waals surface area (Å²) in [7, 11) is 0.440. The molecule has 1 aliphatic rings. The van der Waals surface area contributed by atoms with Crippen LogP contribution < -0.4 is 0 Å². The highest BCUT2D eigenvalue weighted by Crippen LogP contribution is 2.32. The van der Waals surface area contributed by atoms with Gasteiger partial charge in [0.2, 0.25) is 0 Å². The number of hydrogen-bond donors (Lipinski definition) is 0. The maximum Gasteiger partial charge on any atom is 0.0198 e. The Bertz CT molecular complexity index is 68.5. The number of rotatable bonds is 0. The largest absolute Gasteiger partial charge is 0.0623 e. The summed E-state index contributed by atoms with van der Waals surface area (Å²) < 4.78 is 0. The lowest BCUT2D eigenvalue weighted by Crippen LogP contribution is -2.17. The van der Waals surface area contributed by atoms with Crippen molar-refractivity contribution < 1.29 is 0 Å². The molecule has 1 fully saturated rings. The normalized spacial score (nSPS) is 27.8. The Labute approximate surface area is 54.5 Å². The minimum absolute atomic E-state index is 0.440. The Hall–Kier alpha value is 0.217. The summed E-state index contributed by atoms with van der Waals surface area (Å²) >= 11 is 0. The van der Waals surface area contributed by atoms with Gasteiger partial charge in [0, 0.05) is 9.52 Å². The molecule has 1 heteroatoms. The average Bonchev–Trinajstić information content (AvgIpc) is 1.65. The number of hydrogen-bond acceptors (Lipinski definition) is 0. The highest BCUT2D eigenvalue weighted by Gasteiger charge is 2.20. The van der Waals surface area contributed by atoms with E-state index in [1.807, 2.05) is 0 Å². The topological polar surface area (TPSA) is 0 Å². The van der Waals surface area contributed by atoms with Crippen LogP contribution in [0, 0.1) is 5.41 Å². The third-order valence-corrected chi connectivity index (χ3v) is 3.91. The molecular weight excluding hydrogens is 112 g/mol. The Morgan fingerprint density at radius 1 is 1.12 bits per heavy atom. The molecular formula is C7H16Si. The molecule has 0 amide bonds. The monoisotopic (exact) mass is 128 g/mol. The smallest absolute Gasteiger partial charge is 0.0198 e. The van der Waals surface area contributed by atoms with Gasteiger partial charge in [-0.2, -0.15) is 0 Å². The fraction of sp³-hybridized carbons (Fsp3) is 1.00. The molecule has 0 atom stereocenters. The van der Waals surface area contributed by atoms with Gasteiger partial charge in [-0.1, -0.05) is 38.8 Å². The first-order valence-corrected chi connectivity index (χ1v) is 5.71. The summed E-state index contributed by atoms with van der Waals surface area (Å²) in [6.45, 7) is 4.81. The molecule has 0 spiro atoms. The van der Waals surface area contributed by atoms with E-state index in [9.17, 15) is 0 Å². The molecule has 1 rings (SSSR count). The summed E-state index contributed by atoms with van der Waals surface area (Å²) in [5, 5.41) is 0. The molecule has 0 radical (unpaired) electrons. The maximum atomic E-state index is 2.40. The average molecular weight is 128 g/mol. The molecule has 0 unspecified atom stereocenters. The quantitative estimate of drug-likeness (QED) is 0.436. The van der Waals surface area contributed by atoms with Crippen molar-refractivity contribution in [2.45, 2.75) is 38.8 Å². The molecule has 0 nitrogen and oxygen atoms in total. The fourth-order valence-electron chi connectivity index (χ4n) is 1.51. The van der Waals surface area contributed by atoms with Crippen LogP contribution >= 0.6 is 0 Å². The molecule has 1 saturated heterocycles. The maximum absolute atomic E-state index is 2.40. The van der Waals surface area contributed by atoms with Crippen LogP contribution in [-0.2, 0) is 0 Å². The molecule has 8 heavy (non-hydrogen) atoms. The van der Waals surface area contributed by atoms with Gasteiger partial charge in [0.25, 0.3) is 0 Å². The van der Waals surface area contributed by atoms with Gasteiger partial charge in [-0.15, -0.1) is 0 Å². The minimum Gasteiger partial charge on any atom is -0.0623 e. The third kappa shape index (κ3) is 1.62. The summed E-state index contributed by atoms with van der Waals surface area (Å²) in [6.07, 6.45) is 3.03. The molecule has 0 bridgehead atoms. The van der Waals surface area contributed by atoms with E-state index in [1.165, 1.54) is 12.8 Å². The molecule has 1 aliphatic heterocycles. The second-order valence-corrected chi connectivity index (χ2v) is 5.85. The highest BCUT2D eigenvalue weighted by atomic mass is 28.2. The Kier molecular flexibility index (Phi) is 1.76. The van der Waals surface area contributed by atoms with Crippen LogP contribution in [0.15, 0.2) is 0 Å². The SMILES string of the molecule is CC1(C)CC[SiH2]CC1. The van der Waals surface area contributed by atoms with Crippen LogP contribution in [0.1, 0.15) is 26.7 Å². The summed E-state index contributed by atoms with van der Waals surface area (Å²) in [5.41, 5.74) is 0.714. The molecule has 0 aliphatic carbocycles. The zero-order chi connectivity index (χ0) is 6.04. The van der Waals surface area contributed by atoms with E-state index in [2.05, 4.69) is 13.8 Å². The van der Waals surface area contributed by atoms with Gasteiger partial charge in [-0.25, -0.2) is 0 Å². The lowest BCUT2D eigenvalue weighted by atomic mass is 9.87. The van der Waals surface area contributed by atoms with Crippen molar-refractivity contribution in [3.63, 3.8) is 0 Å². The van der Waals surface area contributed by atoms with E-state index >= 15 is 0 Å². The molecule has 48 valence electrons. The van der Waals surface area contributed by atoms with Crippen LogP contribution in [-0.4, -0.2) is 9.52 Å². The minimum atomic E-state index is 0.440. The van der Waals surface area contributed by atoms with E-state index < -0.39 is 0 Å². The van der Waals surface area contributed by atoms with Crippen molar-refractivity contribution in [3.8, 4) is 0 Å². The van der Waals surface area contributed by atoms with Crippen LogP contribution in [0.2, 0.25) is 12.1 Å². The van der Waals surface area contributed by atoms with Crippen LogP contribution in [0.25, 0.3) is 0 Å². The molecule has 0 aromatic rings. The predicted octanol–water partition coefficient (Wildman–Crippen LogP) is 1.81. The predicted molar refractivity (Wildman–Crippen MR) is 41.2 cm³/mol. The van der Waals surface area contributed by atoms with Gasteiger partial charge < -0.3 is 0 Å². The summed E-state index contributed by atoms with van der Waals surface area (Å²) in [4.78, 5) is 0. The van der Waals surface area contributed by atoms with Crippen molar-refractivity contribution in [3.05, 3.63) is 0 Å². The first-order chi connectivity index (χ1) is 3.71. The molecule has 0 saturated carbocycles. The Morgan fingerprint density at radius 2 is 1.62 bits per heavy atom. The van der Waals surface area contributed by atoms with Crippen LogP contribution in [0.4, 0.5) is 0 Å². The first-order valence-electron chi connectivity index (χ1n) is 3.71. The van der Waals surface area contributed by atoms with Crippen molar-refractivity contribution in [1.29, 1.82) is 0 Å². The van der Waals surface area contributed by atoms with E-state index in [4.69, 9.17) is 0 Å². The van der Waals surface area contributed by atoms with Crippen molar-refractivity contribution in [2.75, 3.05) is 0 Å². The summed E-state index contributed by atoms with van der Waals surface area (Å²) in [5.74, 6) is 0. The van der Waals surface area contributed by atoms with E-state index in [-0.39, 0.29) is 0 Å². The van der Waals surface area contributed by atoms with Gasteiger partial charge in [0.1, 0.15) is 0 Å². The van der Waals surface area contributed by atoms with Gasteiger partial charge in [-0.3, -0.25) is 0 Å². The van der Waals surface area contributed by atoms with Crippen LogP contribution in [0.3, 0.4) is 0 Å². The van der Waals surface area contributed by atoms with Crippen molar-refractivity contribution >= 4 is 9.52 Å².